The number of hydrogen-bond donors (Lipinski definition) is 2. The van der Waals surface area contributed by atoms with Crippen LogP contribution in [0.25, 0.3) is 28.0 Å². The van der Waals surface area contributed by atoms with E-state index in [1.165, 1.54) is 16.9 Å². The third-order valence-electron chi connectivity index (χ3n) is 7.26. The quantitative estimate of drug-likeness (QED) is 0.281. The molecule has 1 aromatic carbocycles. The Morgan fingerprint density at radius 1 is 1.24 bits per heavy atom. The first-order chi connectivity index (χ1) is 19.4. The van der Waals surface area contributed by atoms with Gasteiger partial charge in [0.2, 0.25) is 11.7 Å². The summed E-state index contributed by atoms with van der Waals surface area (Å²) in [5.74, 6) is -0.730. The van der Waals surface area contributed by atoms with Gasteiger partial charge >= 0.3 is 0 Å². The number of carbonyl (C=O) groups excluding carboxylic acids is 1. The molecular formula is C29H29F2N7O3. The van der Waals surface area contributed by atoms with Gasteiger partial charge < -0.3 is 14.9 Å². The smallest absolute Gasteiger partial charge is 0.259 e. The van der Waals surface area contributed by atoms with Crippen LogP contribution in [0.2, 0.25) is 0 Å². The molecule has 10 nitrogen and oxygen atoms in total. The molecule has 4 aromatic heterocycles. The summed E-state index contributed by atoms with van der Waals surface area (Å²) >= 11 is 0. The molecule has 1 aliphatic rings. The van der Waals surface area contributed by atoms with Crippen molar-refractivity contribution in [2.45, 2.75) is 65.3 Å². The van der Waals surface area contributed by atoms with Gasteiger partial charge in [-0.2, -0.15) is 15.2 Å². The van der Waals surface area contributed by atoms with Gasteiger partial charge in [0.05, 0.1) is 47.2 Å². The fraction of sp³-hybridized carbons (Fsp3) is 0.345. The molecule has 6 rings (SSSR count). The molecule has 0 radical (unpaired) electrons. The molecule has 2 atom stereocenters. The van der Waals surface area contributed by atoms with E-state index in [4.69, 9.17) is 4.52 Å². The number of aliphatic hydroxyl groups is 1. The first kappa shape index (κ1) is 26.8. The van der Waals surface area contributed by atoms with Gasteiger partial charge in [-0.05, 0) is 58.7 Å². The van der Waals surface area contributed by atoms with Crippen LogP contribution < -0.4 is 5.32 Å². The SMILES string of the molecule is Cc1ccc(-c2noc([C@H]3C[C@@H]3F)n2)cc1NC(=O)c1cnn2cc(F)c(-c3c(C)nn(CC(C)(C)O)c3C)cc12. The maximum absolute atomic E-state index is 15.3. The first-order valence-electron chi connectivity index (χ1n) is 13.2. The zero-order valence-corrected chi connectivity index (χ0v) is 23.2. The van der Waals surface area contributed by atoms with E-state index < -0.39 is 23.5 Å². The lowest BCUT2D eigenvalue weighted by Gasteiger charge is -2.18. The molecular weight excluding hydrogens is 532 g/mol. The summed E-state index contributed by atoms with van der Waals surface area (Å²) in [5, 5.41) is 25.9. The molecule has 1 fully saturated rings. The normalized spacial score (nSPS) is 16.9. The molecule has 0 unspecified atom stereocenters. The topological polar surface area (TPSA) is 123 Å². The number of aromatic nitrogens is 6. The Kier molecular flexibility index (Phi) is 6.25. The van der Waals surface area contributed by atoms with E-state index in [2.05, 4.69) is 25.7 Å². The average Bonchev–Trinajstić information content (AvgIpc) is 3.21. The molecule has 2 N–H and O–H groups in total. The second-order valence-electron chi connectivity index (χ2n) is 11.2. The predicted molar refractivity (Wildman–Crippen MR) is 147 cm³/mol. The van der Waals surface area contributed by atoms with Crippen molar-refractivity contribution >= 4 is 17.1 Å². The molecule has 1 saturated carbocycles. The van der Waals surface area contributed by atoms with Crippen LogP contribution >= 0.6 is 0 Å². The molecule has 212 valence electrons. The largest absolute Gasteiger partial charge is 0.389 e. The van der Waals surface area contributed by atoms with E-state index in [1.807, 2.05) is 19.9 Å². The minimum Gasteiger partial charge on any atom is -0.389 e. The number of nitrogens with one attached hydrogen (secondary N) is 1. The molecule has 1 aliphatic carbocycles. The number of fused-ring (bicyclic) bond motifs is 1. The van der Waals surface area contributed by atoms with Gasteiger partial charge in [0.25, 0.3) is 5.91 Å². The summed E-state index contributed by atoms with van der Waals surface area (Å²) in [5.41, 5.74) is 3.75. The Morgan fingerprint density at radius 3 is 2.71 bits per heavy atom. The van der Waals surface area contributed by atoms with Gasteiger partial charge in [-0.15, -0.1) is 0 Å². The van der Waals surface area contributed by atoms with Crippen molar-refractivity contribution in [3.05, 3.63) is 70.9 Å². The number of aryl methyl sites for hydroxylation is 2. The number of rotatable bonds is 7. The third-order valence-corrected chi connectivity index (χ3v) is 7.26. The average molecular weight is 562 g/mol. The lowest BCUT2D eigenvalue weighted by atomic mass is 10.0. The highest BCUT2D eigenvalue weighted by molar-refractivity contribution is 6.09. The van der Waals surface area contributed by atoms with Gasteiger partial charge in [-0.25, -0.2) is 13.3 Å². The molecule has 12 heteroatoms. The van der Waals surface area contributed by atoms with Gasteiger partial charge in [-0.3, -0.25) is 9.48 Å². The minimum absolute atomic E-state index is 0.240. The van der Waals surface area contributed by atoms with Crippen LogP contribution in [0.15, 0.2) is 41.2 Å². The fourth-order valence-electron chi connectivity index (χ4n) is 4.98. The van der Waals surface area contributed by atoms with Gasteiger partial charge in [0.15, 0.2) is 0 Å². The van der Waals surface area contributed by atoms with E-state index in [1.54, 1.807) is 43.7 Å². The van der Waals surface area contributed by atoms with Crippen molar-refractivity contribution in [3.63, 3.8) is 0 Å². The standard InChI is InChI=1S/C29H29F2N7O3/c1-14-6-7-17(26-34-28(41-36-26)19-9-21(19)30)8-23(14)33-27(39)20-11-32-37-12-22(31)18(10-24(20)37)25-15(2)35-38(16(25)3)13-29(4,5)40/h6-8,10-12,19,21,40H,9,13H2,1-5H3,(H,33,39)/t19-,21-/m0/s1. The van der Waals surface area contributed by atoms with Crippen LogP contribution in [-0.4, -0.2) is 52.3 Å². The molecule has 41 heavy (non-hydrogen) atoms. The van der Waals surface area contributed by atoms with Gasteiger partial charge in [0.1, 0.15) is 12.0 Å². The number of nitrogens with zero attached hydrogens (tertiary/aromatic N) is 6. The molecule has 4 heterocycles. The highest BCUT2D eigenvalue weighted by Gasteiger charge is 2.43. The summed E-state index contributed by atoms with van der Waals surface area (Å²) in [4.78, 5) is 17.8. The Hall–Kier alpha value is -4.45. The number of hydrogen-bond acceptors (Lipinski definition) is 7. The zero-order chi connectivity index (χ0) is 29.2. The predicted octanol–water partition coefficient (Wildman–Crippen LogP) is 5.16. The Labute approximate surface area is 234 Å². The van der Waals surface area contributed by atoms with E-state index in [9.17, 15) is 14.3 Å². The van der Waals surface area contributed by atoms with Crippen LogP contribution in [0.1, 0.15) is 59.4 Å². The van der Waals surface area contributed by atoms with Crippen molar-refractivity contribution in [3.8, 4) is 22.5 Å². The number of anilines is 1. The Balaban J connectivity index is 1.32. The highest BCUT2D eigenvalue weighted by atomic mass is 19.1. The molecule has 0 saturated heterocycles. The number of benzene rings is 1. The van der Waals surface area contributed by atoms with Crippen molar-refractivity contribution < 1.29 is 23.2 Å². The van der Waals surface area contributed by atoms with Gasteiger partial charge in [0, 0.05) is 28.1 Å². The van der Waals surface area contributed by atoms with Crippen LogP contribution in [-0.2, 0) is 6.54 Å². The van der Waals surface area contributed by atoms with E-state index in [-0.39, 0.29) is 29.5 Å². The maximum Gasteiger partial charge on any atom is 0.259 e. The van der Waals surface area contributed by atoms with Crippen LogP contribution in [0.4, 0.5) is 14.5 Å². The summed E-state index contributed by atoms with van der Waals surface area (Å²) in [6.45, 7) is 9.04. The fourth-order valence-corrected chi connectivity index (χ4v) is 4.98. The molecule has 0 aliphatic heterocycles. The van der Waals surface area contributed by atoms with E-state index in [0.29, 0.717) is 46.0 Å². The molecule has 0 spiro atoms. The summed E-state index contributed by atoms with van der Waals surface area (Å²) < 4.78 is 36.9. The van der Waals surface area contributed by atoms with Crippen LogP contribution in [0.5, 0.6) is 0 Å². The lowest BCUT2D eigenvalue weighted by Crippen LogP contribution is -2.27. The molecule has 1 amide bonds. The second-order valence-corrected chi connectivity index (χ2v) is 11.2. The van der Waals surface area contributed by atoms with Gasteiger partial charge in [-0.1, -0.05) is 17.3 Å². The monoisotopic (exact) mass is 561 g/mol. The molecule has 0 bridgehead atoms. The van der Waals surface area contributed by atoms with Crippen molar-refractivity contribution in [1.82, 2.24) is 29.5 Å². The maximum atomic E-state index is 15.3. The number of pyridine rings is 1. The Morgan fingerprint density at radius 2 is 2.00 bits per heavy atom. The molecule has 5 aromatic rings. The second kappa shape index (κ2) is 9.58. The van der Waals surface area contributed by atoms with Crippen molar-refractivity contribution in [1.29, 1.82) is 0 Å². The summed E-state index contributed by atoms with van der Waals surface area (Å²) in [6, 6.07) is 6.92. The number of amides is 1. The highest BCUT2D eigenvalue weighted by Crippen LogP contribution is 2.43. The van der Waals surface area contributed by atoms with Crippen LogP contribution in [0.3, 0.4) is 0 Å². The summed E-state index contributed by atoms with van der Waals surface area (Å²) in [7, 11) is 0. The Bertz CT molecular complexity index is 1810. The third kappa shape index (κ3) is 4.99. The zero-order valence-electron chi connectivity index (χ0n) is 23.2. The van der Waals surface area contributed by atoms with Crippen molar-refractivity contribution in [2.75, 3.05) is 5.32 Å². The van der Waals surface area contributed by atoms with Crippen molar-refractivity contribution in [2.24, 2.45) is 0 Å². The minimum atomic E-state index is -1.00. The first-order valence-corrected chi connectivity index (χ1v) is 13.2. The number of halogens is 2. The van der Waals surface area contributed by atoms with Crippen LogP contribution in [0, 0.1) is 26.6 Å². The van der Waals surface area contributed by atoms with E-state index in [0.717, 1.165) is 5.56 Å². The number of carbonyl (C=O) groups is 1. The lowest BCUT2D eigenvalue weighted by molar-refractivity contribution is 0.0570. The van der Waals surface area contributed by atoms with E-state index >= 15 is 4.39 Å². The summed E-state index contributed by atoms with van der Waals surface area (Å²) in [6.07, 6.45) is 2.05. The number of alkyl halides is 1.